The van der Waals surface area contributed by atoms with Crippen LogP contribution in [0.25, 0.3) is 0 Å². The molecule has 1 amide bonds. The molecule has 1 aliphatic heterocycles. The lowest BCUT2D eigenvalue weighted by Crippen LogP contribution is -2.52. The van der Waals surface area contributed by atoms with Gasteiger partial charge in [-0.3, -0.25) is 9.80 Å². The Balaban J connectivity index is 1.66. The van der Waals surface area contributed by atoms with Crippen LogP contribution in [0.4, 0.5) is 4.79 Å². The van der Waals surface area contributed by atoms with Crippen molar-refractivity contribution in [2.75, 3.05) is 32.7 Å². The van der Waals surface area contributed by atoms with E-state index in [2.05, 4.69) is 21.0 Å². The van der Waals surface area contributed by atoms with E-state index in [-0.39, 0.29) is 12.1 Å². The highest BCUT2D eigenvalue weighted by molar-refractivity contribution is 5.68. The summed E-state index contributed by atoms with van der Waals surface area (Å²) in [7, 11) is 0. The van der Waals surface area contributed by atoms with Crippen LogP contribution in [-0.4, -0.2) is 66.3 Å². The van der Waals surface area contributed by atoms with E-state index in [9.17, 15) is 4.79 Å². The molecule has 1 aliphatic carbocycles. The summed E-state index contributed by atoms with van der Waals surface area (Å²) in [6.07, 6.45) is 10.3. The Morgan fingerprint density at radius 1 is 1.17 bits per heavy atom. The maximum Gasteiger partial charge on any atom is 0.407 e. The van der Waals surface area contributed by atoms with Crippen molar-refractivity contribution < 1.29 is 9.53 Å². The van der Waals surface area contributed by atoms with Gasteiger partial charge in [0.15, 0.2) is 0 Å². The quantitative estimate of drug-likeness (QED) is 0.802. The first-order valence-electron chi connectivity index (χ1n) is 9.27. The maximum absolute atomic E-state index is 11.9. The summed E-state index contributed by atoms with van der Waals surface area (Å²) in [5, 5.41) is 3.02. The Morgan fingerprint density at radius 3 is 2.33 bits per heavy atom. The molecule has 2 aliphatic rings. The molecule has 5 heteroatoms. The van der Waals surface area contributed by atoms with Crippen molar-refractivity contribution in [2.24, 2.45) is 0 Å². The van der Waals surface area contributed by atoms with E-state index in [1.54, 1.807) is 0 Å². The third-order valence-corrected chi connectivity index (χ3v) is 4.91. The van der Waals surface area contributed by atoms with Crippen molar-refractivity contribution in [3.63, 3.8) is 0 Å². The number of alkyl carbamates (subject to hydrolysis) is 1. The van der Waals surface area contributed by atoms with Crippen LogP contribution in [0, 0.1) is 12.3 Å². The van der Waals surface area contributed by atoms with Crippen LogP contribution in [0.1, 0.15) is 52.9 Å². The fraction of sp³-hybridized carbons (Fsp3) is 0.842. The summed E-state index contributed by atoms with van der Waals surface area (Å²) in [5.74, 6) is 2.72. The minimum atomic E-state index is -0.430. The largest absolute Gasteiger partial charge is 0.444 e. The molecule has 1 saturated heterocycles. The fourth-order valence-electron chi connectivity index (χ4n) is 3.63. The van der Waals surface area contributed by atoms with Crippen LogP contribution in [0.2, 0.25) is 0 Å². The van der Waals surface area contributed by atoms with Crippen LogP contribution in [0.5, 0.6) is 0 Å². The Hall–Kier alpha value is -1.25. The first-order chi connectivity index (χ1) is 11.4. The lowest BCUT2D eigenvalue weighted by molar-refractivity contribution is 0.0452. The first-order valence-corrected chi connectivity index (χ1v) is 9.27. The Labute approximate surface area is 147 Å². The molecule has 24 heavy (non-hydrogen) atoms. The summed E-state index contributed by atoms with van der Waals surface area (Å²) < 4.78 is 5.35. The van der Waals surface area contributed by atoms with Gasteiger partial charge in [0, 0.05) is 51.2 Å². The van der Waals surface area contributed by atoms with Crippen LogP contribution in [-0.2, 0) is 4.74 Å². The number of piperazine rings is 1. The van der Waals surface area contributed by atoms with Gasteiger partial charge in [-0.15, -0.1) is 12.3 Å². The maximum atomic E-state index is 11.9. The second-order valence-corrected chi connectivity index (χ2v) is 7.98. The summed E-state index contributed by atoms with van der Waals surface area (Å²) in [6, 6.07) is 0.921. The molecular weight excluding hydrogens is 302 g/mol. The predicted octanol–water partition coefficient (Wildman–Crippen LogP) is 2.46. The van der Waals surface area contributed by atoms with Crippen molar-refractivity contribution in [3.05, 3.63) is 0 Å². The standard InChI is InChI=1S/C19H33N3O2/c1-5-6-11-21-12-14-22(15-13-21)17-9-7-16(8-10-17)20-18(23)24-19(2,3)4/h1,16-17H,6-15H2,2-4H3,(H,20,23). The van der Waals surface area contributed by atoms with Gasteiger partial charge in [-0.05, 0) is 46.5 Å². The van der Waals surface area contributed by atoms with E-state index >= 15 is 0 Å². The molecule has 0 bridgehead atoms. The van der Waals surface area contributed by atoms with E-state index in [0.29, 0.717) is 6.04 Å². The van der Waals surface area contributed by atoms with E-state index < -0.39 is 5.60 Å². The zero-order valence-electron chi connectivity index (χ0n) is 15.5. The summed E-state index contributed by atoms with van der Waals surface area (Å²) in [4.78, 5) is 17.0. The number of carbonyl (C=O) groups excluding carboxylic acids is 1. The molecule has 0 unspecified atom stereocenters. The van der Waals surface area contributed by atoms with Gasteiger partial charge in [0.2, 0.25) is 0 Å². The SMILES string of the molecule is C#CCCN1CCN(C2CCC(NC(=O)OC(C)(C)C)CC2)CC1. The number of nitrogens with zero attached hydrogens (tertiary/aromatic N) is 2. The second-order valence-electron chi connectivity index (χ2n) is 7.98. The van der Waals surface area contributed by atoms with Gasteiger partial charge in [0.05, 0.1) is 0 Å². The van der Waals surface area contributed by atoms with E-state index in [0.717, 1.165) is 64.8 Å². The number of hydrogen-bond acceptors (Lipinski definition) is 4. The Bertz CT molecular complexity index is 437. The average molecular weight is 335 g/mol. The van der Waals surface area contributed by atoms with E-state index in [4.69, 9.17) is 11.2 Å². The van der Waals surface area contributed by atoms with Crippen molar-refractivity contribution in [3.8, 4) is 12.3 Å². The topological polar surface area (TPSA) is 44.8 Å². The molecule has 1 saturated carbocycles. The number of carbonyl (C=O) groups is 1. The van der Waals surface area contributed by atoms with Crippen molar-refractivity contribution in [1.29, 1.82) is 0 Å². The van der Waals surface area contributed by atoms with Crippen LogP contribution < -0.4 is 5.32 Å². The molecule has 0 spiro atoms. The zero-order chi connectivity index (χ0) is 17.6. The predicted molar refractivity (Wildman–Crippen MR) is 96.9 cm³/mol. The van der Waals surface area contributed by atoms with Crippen molar-refractivity contribution >= 4 is 6.09 Å². The first kappa shape index (κ1) is 19.1. The van der Waals surface area contributed by atoms with Crippen LogP contribution in [0.3, 0.4) is 0 Å². The van der Waals surface area contributed by atoms with Crippen molar-refractivity contribution in [2.45, 2.75) is 70.6 Å². The third-order valence-electron chi connectivity index (χ3n) is 4.91. The number of rotatable bonds is 4. The van der Waals surface area contributed by atoms with E-state index in [1.165, 1.54) is 0 Å². The van der Waals surface area contributed by atoms with Gasteiger partial charge >= 0.3 is 6.09 Å². The van der Waals surface area contributed by atoms with Gasteiger partial charge in [0.1, 0.15) is 5.60 Å². The highest BCUT2D eigenvalue weighted by Crippen LogP contribution is 2.24. The second kappa shape index (κ2) is 8.73. The average Bonchev–Trinajstić information content (AvgIpc) is 2.52. The summed E-state index contributed by atoms with van der Waals surface area (Å²) in [6.45, 7) is 11.2. The molecule has 0 aromatic heterocycles. The minimum Gasteiger partial charge on any atom is -0.444 e. The van der Waals surface area contributed by atoms with Gasteiger partial charge in [-0.25, -0.2) is 4.79 Å². The number of terminal acetylenes is 1. The van der Waals surface area contributed by atoms with Gasteiger partial charge in [0.25, 0.3) is 0 Å². The molecule has 2 fully saturated rings. The molecule has 1 N–H and O–H groups in total. The lowest BCUT2D eigenvalue weighted by atomic mass is 9.90. The Kier molecular flexibility index (Phi) is 6.94. The van der Waals surface area contributed by atoms with Gasteiger partial charge in [-0.2, -0.15) is 0 Å². The van der Waals surface area contributed by atoms with Gasteiger partial charge in [-0.1, -0.05) is 0 Å². The van der Waals surface area contributed by atoms with Crippen molar-refractivity contribution in [1.82, 2.24) is 15.1 Å². The number of amides is 1. The van der Waals surface area contributed by atoms with E-state index in [1.807, 2.05) is 20.8 Å². The van der Waals surface area contributed by atoms with Crippen LogP contribution >= 0.6 is 0 Å². The molecule has 136 valence electrons. The van der Waals surface area contributed by atoms with Crippen LogP contribution in [0.15, 0.2) is 0 Å². The molecule has 0 aromatic carbocycles. The number of nitrogens with one attached hydrogen (secondary N) is 1. The monoisotopic (exact) mass is 335 g/mol. The lowest BCUT2D eigenvalue weighted by Gasteiger charge is -2.42. The molecule has 5 nitrogen and oxygen atoms in total. The van der Waals surface area contributed by atoms with Gasteiger partial charge < -0.3 is 10.1 Å². The molecule has 0 radical (unpaired) electrons. The summed E-state index contributed by atoms with van der Waals surface area (Å²) >= 11 is 0. The highest BCUT2D eigenvalue weighted by Gasteiger charge is 2.29. The fourth-order valence-corrected chi connectivity index (χ4v) is 3.63. The smallest absolute Gasteiger partial charge is 0.407 e. The molecule has 2 rings (SSSR count). The molecule has 1 heterocycles. The molecule has 0 aromatic rings. The normalized spacial score (nSPS) is 26.6. The Morgan fingerprint density at radius 2 is 1.79 bits per heavy atom. The molecule has 0 atom stereocenters. The third kappa shape index (κ3) is 6.33. The number of ether oxygens (including phenoxy) is 1. The number of hydrogen-bond donors (Lipinski definition) is 1. The molecular formula is C19H33N3O2. The minimum absolute atomic E-state index is 0.257. The highest BCUT2D eigenvalue weighted by atomic mass is 16.6. The summed E-state index contributed by atoms with van der Waals surface area (Å²) in [5.41, 5.74) is -0.430. The zero-order valence-corrected chi connectivity index (χ0v) is 15.5.